The molecule has 0 spiro atoms. The summed E-state index contributed by atoms with van der Waals surface area (Å²) < 4.78 is 15.9. The van der Waals surface area contributed by atoms with Crippen LogP contribution in [0.3, 0.4) is 0 Å². The number of allylic oxidation sites excluding steroid dienone is 2. The molecular formula is C20H22O10. The smallest absolute Gasteiger partial charge is 0.229 e. The Morgan fingerprint density at radius 3 is 2.40 bits per heavy atom. The van der Waals surface area contributed by atoms with Crippen LogP contribution in [-0.2, 0) is 9.47 Å². The SMILES string of the molecule is COC1=CC(=O)c2c(cc(C)c(C(C)=O)c2O[C@@H]2O[C@H](CO)[C@@H](O)[C@H](O)[C@H]2O)C1=O. The maximum atomic E-state index is 12.7. The molecule has 5 atom stereocenters. The van der Waals surface area contributed by atoms with Crippen molar-refractivity contribution in [3.8, 4) is 5.75 Å². The van der Waals surface area contributed by atoms with E-state index in [4.69, 9.17) is 14.2 Å². The summed E-state index contributed by atoms with van der Waals surface area (Å²) in [6.07, 6.45) is -7.03. The Kier molecular flexibility index (Phi) is 6.06. The molecule has 1 aliphatic carbocycles. The maximum Gasteiger partial charge on any atom is 0.229 e. The summed E-state index contributed by atoms with van der Waals surface area (Å²) in [4.78, 5) is 37.7. The monoisotopic (exact) mass is 422 g/mol. The van der Waals surface area contributed by atoms with Crippen molar-refractivity contribution in [2.45, 2.75) is 44.6 Å². The number of Topliss-reactive ketones (excluding diaryl/α,β-unsaturated/α-hetero) is 2. The lowest BCUT2D eigenvalue weighted by atomic mass is 9.87. The molecule has 0 saturated carbocycles. The van der Waals surface area contributed by atoms with E-state index in [1.54, 1.807) is 6.92 Å². The summed E-state index contributed by atoms with van der Waals surface area (Å²) in [6.45, 7) is 2.09. The van der Waals surface area contributed by atoms with Crippen molar-refractivity contribution in [2.75, 3.05) is 13.7 Å². The van der Waals surface area contributed by atoms with Gasteiger partial charge in [0.2, 0.25) is 12.1 Å². The van der Waals surface area contributed by atoms with Gasteiger partial charge in [0.15, 0.2) is 17.3 Å². The molecule has 0 radical (unpaired) electrons. The number of benzene rings is 1. The minimum atomic E-state index is -1.77. The molecule has 10 heteroatoms. The first kappa shape index (κ1) is 22.1. The van der Waals surface area contributed by atoms with Crippen LogP contribution >= 0.6 is 0 Å². The highest BCUT2D eigenvalue weighted by molar-refractivity contribution is 6.26. The van der Waals surface area contributed by atoms with Crippen molar-refractivity contribution in [3.63, 3.8) is 0 Å². The maximum absolute atomic E-state index is 12.7. The van der Waals surface area contributed by atoms with Gasteiger partial charge in [-0.2, -0.15) is 0 Å². The fraction of sp³-hybridized carbons (Fsp3) is 0.450. The molecule has 1 fully saturated rings. The summed E-state index contributed by atoms with van der Waals surface area (Å²) in [5.41, 5.74) is 0.0514. The molecule has 162 valence electrons. The molecule has 2 aliphatic rings. The van der Waals surface area contributed by atoms with Gasteiger partial charge in [-0.15, -0.1) is 0 Å². The lowest BCUT2D eigenvalue weighted by molar-refractivity contribution is -0.277. The van der Waals surface area contributed by atoms with Crippen LogP contribution in [0, 0.1) is 6.92 Å². The molecule has 30 heavy (non-hydrogen) atoms. The third kappa shape index (κ3) is 3.53. The second kappa shape index (κ2) is 8.25. The average Bonchev–Trinajstić information content (AvgIpc) is 2.70. The minimum absolute atomic E-state index is 0.0128. The number of ether oxygens (including phenoxy) is 3. The number of aliphatic hydroxyl groups excluding tert-OH is 4. The van der Waals surface area contributed by atoms with Crippen molar-refractivity contribution in [1.82, 2.24) is 0 Å². The molecule has 4 N–H and O–H groups in total. The molecule has 0 amide bonds. The molecule has 1 aliphatic heterocycles. The summed E-state index contributed by atoms with van der Waals surface area (Å²) >= 11 is 0. The Hall–Kier alpha value is -2.63. The third-order valence-electron chi connectivity index (χ3n) is 5.11. The van der Waals surface area contributed by atoms with Crippen molar-refractivity contribution in [1.29, 1.82) is 0 Å². The molecule has 1 aromatic carbocycles. The van der Waals surface area contributed by atoms with Gasteiger partial charge in [0, 0.05) is 11.6 Å². The van der Waals surface area contributed by atoms with Gasteiger partial charge in [-0.25, -0.2) is 0 Å². The fourth-order valence-corrected chi connectivity index (χ4v) is 3.59. The minimum Gasteiger partial charge on any atom is -0.492 e. The standard InChI is InChI=1S/C20H22O10/c1-7-4-9-14(10(23)5-11(28-3)15(9)24)19(13(7)8(2)22)30-20-18(27)17(26)16(25)12(6-21)29-20/h4-5,12,16-18,20-21,25-27H,6H2,1-3H3/t12-,16-,17+,18-,20+/m1/s1. The zero-order chi connectivity index (χ0) is 22.3. The Morgan fingerprint density at radius 2 is 1.83 bits per heavy atom. The largest absolute Gasteiger partial charge is 0.492 e. The number of carbonyl (C=O) groups is 3. The average molecular weight is 422 g/mol. The van der Waals surface area contributed by atoms with Gasteiger partial charge in [0.1, 0.15) is 30.2 Å². The molecule has 3 rings (SSSR count). The first-order valence-corrected chi connectivity index (χ1v) is 9.12. The van der Waals surface area contributed by atoms with Crippen LogP contribution in [0.15, 0.2) is 17.9 Å². The summed E-state index contributed by atoms with van der Waals surface area (Å²) in [5.74, 6) is -2.21. The van der Waals surface area contributed by atoms with Crippen LogP contribution in [-0.4, -0.2) is 82.2 Å². The van der Waals surface area contributed by atoms with Crippen molar-refractivity contribution >= 4 is 17.3 Å². The number of hydrogen-bond donors (Lipinski definition) is 4. The number of methoxy groups -OCH3 is 1. The second-order valence-corrected chi connectivity index (χ2v) is 7.10. The molecule has 1 aromatic rings. The van der Waals surface area contributed by atoms with E-state index in [9.17, 15) is 34.8 Å². The van der Waals surface area contributed by atoms with Gasteiger partial charge in [0.05, 0.1) is 24.8 Å². The first-order chi connectivity index (χ1) is 14.1. The van der Waals surface area contributed by atoms with Gasteiger partial charge in [0.25, 0.3) is 0 Å². The van der Waals surface area contributed by atoms with Crippen LogP contribution in [0.1, 0.15) is 43.6 Å². The summed E-state index contributed by atoms with van der Waals surface area (Å²) in [5, 5.41) is 39.5. The first-order valence-electron chi connectivity index (χ1n) is 9.12. The highest BCUT2D eigenvalue weighted by Gasteiger charge is 2.46. The van der Waals surface area contributed by atoms with Crippen LogP contribution < -0.4 is 4.74 Å². The highest BCUT2D eigenvalue weighted by Crippen LogP contribution is 2.37. The number of carbonyl (C=O) groups excluding carboxylic acids is 3. The van der Waals surface area contributed by atoms with E-state index in [2.05, 4.69) is 0 Å². The molecule has 0 aromatic heterocycles. The molecule has 0 bridgehead atoms. The molecule has 10 nitrogen and oxygen atoms in total. The van der Waals surface area contributed by atoms with Gasteiger partial charge in [-0.3, -0.25) is 14.4 Å². The molecule has 0 unspecified atom stereocenters. The topological polar surface area (TPSA) is 160 Å². The second-order valence-electron chi connectivity index (χ2n) is 7.10. The van der Waals surface area contributed by atoms with Crippen molar-refractivity contribution in [3.05, 3.63) is 40.2 Å². The van der Waals surface area contributed by atoms with Crippen molar-refractivity contribution < 1.29 is 49.0 Å². The van der Waals surface area contributed by atoms with Gasteiger partial charge in [-0.05, 0) is 25.5 Å². The van der Waals surface area contributed by atoms with Crippen LogP contribution in [0.25, 0.3) is 0 Å². The Balaban J connectivity index is 2.15. The zero-order valence-corrected chi connectivity index (χ0v) is 16.5. The van der Waals surface area contributed by atoms with E-state index >= 15 is 0 Å². The highest BCUT2D eigenvalue weighted by atomic mass is 16.7. The van der Waals surface area contributed by atoms with E-state index in [0.29, 0.717) is 5.56 Å². The Morgan fingerprint density at radius 1 is 1.17 bits per heavy atom. The van der Waals surface area contributed by atoms with Crippen LogP contribution in [0.2, 0.25) is 0 Å². The summed E-state index contributed by atoms with van der Waals surface area (Å²) in [7, 11) is 1.24. The zero-order valence-electron chi connectivity index (χ0n) is 16.5. The van der Waals surface area contributed by atoms with E-state index in [-0.39, 0.29) is 28.2 Å². The fourth-order valence-electron chi connectivity index (χ4n) is 3.59. The van der Waals surface area contributed by atoms with Gasteiger partial charge >= 0.3 is 0 Å². The van der Waals surface area contributed by atoms with Gasteiger partial charge in [-0.1, -0.05) is 0 Å². The number of ketones is 3. The third-order valence-corrected chi connectivity index (χ3v) is 5.11. The van der Waals surface area contributed by atoms with Crippen LogP contribution in [0.5, 0.6) is 5.75 Å². The Bertz CT molecular complexity index is 932. The predicted octanol–water partition coefficient (Wildman–Crippen LogP) is -0.714. The number of aliphatic hydroxyl groups is 4. The predicted molar refractivity (Wildman–Crippen MR) is 99.3 cm³/mol. The molecular weight excluding hydrogens is 400 g/mol. The number of fused-ring (bicyclic) bond motifs is 1. The van der Waals surface area contributed by atoms with Crippen LogP contribution in [0.4, 0.5) is 0 Å². The Labute approximate surface area is 171 Å². The summed E-state index contributed by atoms with van der Waals surface area (Å²) in [6, 6.07) is 1.37. The lowest BCUT2D eigenvalue weighted by Gasteiger charge is -2.40. The van der Waals surface area contributed by atoms with Crippen molar-refractivity contribution in [2.24, 2.45) is 0 Å². The number of hydrogen-bond acceptors (Lipinski definition) is 10. The quantitative estimate of drug-likeness (QED) is 0.446. The van der Waals surface area contributed by atoms with Gasteiger partial charge < -0.3 is 34.6 Å². The molecule has 1 saturated heterocycles. The number of rotatable bonds is 5. The van der Waals surface area contributed by atoms with E-state index in [1.165, 1.54) is 20.1 Å². The van der Waals surface area contributed by atoms with E-state index < -0.39 is 54.7 Å². The number of aryl methyl sites for hydroxylation is 1. The van der Waals surface area contributed by atoms with E-state index in [1.807, 2.05) is 0 Å². The molecule has 1 heterocycles. The van der Waals surface area contributed by atoms with E-state index in [0.717, 1.165) is 6.08 Å². The normalized spacial score (nSPS) is 28.6. The lowest BCUT2D eigenvalue weighted by Crippen LogP contribution is -2.60.